The van der Waals surface area contributed by atoms with E-state index >= 15 is 9.59 Å². The van der Waals surface area contributed by atoms with Crippen LogP contribution in [-0.4, -0.2) is 101 Å². The van der Waals surface area contributed by atoms with Gasteiger partial charge in [-0.15, -0.1) is 0 Å². The highest BCUT2D eigenvalue weighted by molar-refractivity contribution is 7.89. The molecule has 2 N–H and O–H groups in total. The second kappa shape index (κ2) is 20.9. The Morgan fingerprint density at radius 3 is 1.18 bits per heavy atom. The lowest BCUT2D eigenvalue weighted by Gasteiger charge is -2.48. The molecule has 8 aromatic carbocycles. The number of likely N-dealkylation sites (tertiary alicyclic amines) is 2. The third kappa shape index (κ3) is 8.17. The van der Waals surface area contributed by atoms with Gasteiger partial charge >= 0.3 is 0 Å². The van der Waals surface area contributed by atoms with Crippen LogP contribution in [0.15, 0.2) is 228 Å². The topological polar surface area (TPSA) is 146 Å². The van der Waals surface area contributed by atoms with E-state index in [4.69, 9.17) is 0 Å². The van der Waals surface area contributed by atoms with Crippen LogP contribution < -0.4 is 20.4 Å². The van der Waals surface area contributed by atoms with Crippen LogP contribution in [-0.2, 0) is 64.4 Å². The molecule has 446 valence electrons. The number of nitrogens with zero attached hydrogens (tertiary/aromatic N) is 6. The van der Waals surface area contributed by atoms with E-state index in [1.807, 2.05) is 145 Å². The van der Waals surface area contributed by atoms with Gasteiger partial charge in [-0.3, -0.25) is 28.0 Å². The Morgan fingerprint density at radius 1 is 0.455 bits per heavy atom. The van der Waals surface area contributed by atoms with E-state index in [0.717, 1.165) is 93.2 Å². The Kier molecular flexibility index (Phi) is 13.6. The van der Waals surface area contributed by atoms with E-state index in [2.05, 4.69) is 58.8 Å². The van der Waals surface area contributed by atoms with Crippen molar-refractivity contribution in [2.75, 3.05) is 61.7 Å². The summed E-state index contributed by atoms with van der Waals surface area (Å²) in [4.78, 5) is 41.4. The fourth-order valence-electron chi connectivity index (χ4n) is 15.7. The number of hydrogen-bond acceptors (Lipinski definition) is 10. The van der Waals surface area contributed by atoms with Crippen LogP contribution in [0.3, 0.4) is 0 Å². The average Bonchev–Trinajstić information content (AvgIpc) is 1.51. The number of likely N-dealkylation sites (N-methyl/N-ethyl adjacent to an activating group) is 2. The van der Waals surface area contributed by atoms with Crippen molar-refractivity contribution in [2.24, 2.45) is 0 Å². The molecule has 6 aliphatic rings. The molecular formula is C72H70N8O6S2. The fourth-order valence-corrected chi connectivity index (χ4v) is 17.8. The number of nitrogens with one attached hydrogen (secondary N) is 2. The Bertz CT molecular complexity index is 4130. The van der Waals surface area contributed by atoms with E-state index in [1.165, 1.54) is 22.7 Å². The normalized spacial score (nSPS) is 24.5. The second-order valence-electron chi connectivity index (χ2n) is 24.7. The number of carbonyl (C=O) groups is 2. The molecule has 2 saturated heterocycles. The van der Waals surface area contributed by atoms with Crippen molar-refractivity contribution in [1.29, 1.82) is 0 Å². The number of sulfonamides is 2. The van der Waals surface area contributed by atoms with Gasteiger partial charge in [-0.25, -0.2) is 16.8 Å². The third-order valence-corrected chi connectivity index (χ3v) is 23.6. The van der Waals surface area contributed by atoms with Gasteiger partial charge in [0.2, 0.25) is 11.8 Å². The van der Waals surface area contributed by atoms with Crippen LogP contribution in [0.1, 0.15) is 68.5 Å². The summed E-state index contributed by atoms with van der Waals surface area (Å²) >= 11 is 0. The number of aryl methyl sites for hydroxylation is 2. The summed E-state index contributed by atoms with van der Waals surface area (Å²) in [5, 5.41) is 8.30. The van der Waals surface area contributed by atoms with Gasteiger partial charge in [-0.2, -0.15) is 0 Å². The molecular weight excluding hydrogens is 1140 g/mol. The number of benzene rings is 8. The zero-order valence-electron chi connectivity index (χ0n) is 50.1. The maximum absolute atomic E-state index is 16.3. The van der Waals surface area contributed by atoms with Crippen molar-refractivity contribution in [1.82, 2.24) is 18.4 Å². The summed E-state index contributed by atoms with van der Waals surface area (Å²) < 4.78 is 60.3. The fraction of sp³-hybridized carbons (Fsp3) is 0.250. The van der Waals surface area contributed by atoms with Crippen LogP contribution in [0.25, 0.3) is 0 Å². The maximum atomic E-state index is 16.3. The molecule has 0 aromatic heterocycles. The highest BCUT2D eigenvalue weighted by Crippen LogP contribution is 2.69. The lowest BCUT2D eigenvalue weighted by molar-refractivity contribution is -0.121. The first-order chi connectivity index (χ1) is 42.4. The first-order valence-corrected chi connectivity index (χ1v) is 32.9. The smallest absolute Gasteiger partial charge is 0.263 e. The number of hydrogen-bond donors (Lipinski definition) is 2. The molecule has 16 heteroatoms. The summed E-state index contributed by atoms with van der Waals surface area (Å²) in [6, 6.07) is 61.8. The lowest BCUT2D eigenvalue weighted by Crippen LogP contribution is -2.60. The van der Waals surface area contributed by atoms with Crippen molar-refractivity contribution in [2.45, 2.75) is 83.6 Å². The Morgan fingerprint density at radius 2 is 0.795 bits per heavy atom. The van der Waals surface area contributed by atoms with Crippen LogP contribution in [0.4, 0.5) is 22.7 Å². The molecule has 0 bridgehead atoms. The van der Waals surface area contributed by atoms with Crippen LogP contribution in [0, 0.1) is 13.8 Å². The van der Waals surface area contributed by atoms with Crippen LogP contribution in [0.5, 0.6) is 0 Å². The average molecular weight is 1210 g/mol. The molecule has 8 aromatic rings. The molecule has 6 atom stereocenters. The molecule has 14 rings (SSSR count). The van der Waals surface area contributed by atoms with Gasteiger partial charge in [0.25, 0.3) is 20.0 Å². The predicted octanol–water partition coefficient (Wildman–Crippen LogP) is 11.0. The van der Waals surface area contributed by atoms with Crippen LogP contribution >= 0.6 is 0 Å². The minimum Gasteiger partial charge on any atom is -0.368 e. The zero-order chi connectivity index (χ0) is 61.1. The van der Waals surface area contributed by atoms with Gasteiger partial charge in [-0.1, -0.05) is 169 Å². The van der Waals surface area contributed by atoms with Gasteiger partial charge in [0.05, 0.1) is 35.2 Å². The number of fused-ring (bicyclic) bond motifs is 9. The Labute approximate surface area is 516 Å². The van der Waals surface area contributed by atoms with Crippen molar-refractivity contribution in [3.05, 3.63) is 274 Å². The van der Waals surface area contributed by atoms with Gasteiger partial charge < -0.3 is 20.4 Å². The van der Waals surface area contributed by atoms with E-state index in [-0.39, 0.29) is 47.0 Å². The molecule has 6 aliphatic heterocycles. The predicted molar refractivity (Wildman–Crippen MR) is 346 cm³/mol. The molecule has 14 nitrogen and oxygen atoms in total. The second-order valence-corrected chi connectivity index (χ2v) is 28.7. The van der Waals surface area contributed by atoms with Crippen molar-refractivity contribution in [3.63, 3.8) is 0 Å². The minimum atomic E-state index is -4.06. The largest absolute Gasteiger partial charge is 0.368 e. The molecule has 88 heavy (non-hydrogen) atoms. The van der Waals surface area contributed by atoms with E-state index < -0.39 is 41.7 Å². The van der Waals surface area contributed by atoms with Crippen molar-refractivity contribution >= 4 is 54.6 Å². The van der Waals surface area contributed by atoms with E-state index in [1.54, 1.807) is 73.1 Å². The summed E-state index contributed by atoms with van der Waals surface area (Å²) in [6.07, 6.45) is 7.57. The molecule has 0 spiro atoms. The Balaban J connectivity index is 0.964. The van der Waals surface area contributed by atoms with Gasteiger partial charge in [0, 0.05) is 73.2 Å². The van der Waals surface area contributed by atoms with Crippen molar-refractivity contribution in [3.8, 4) is 0 Å². The minimum absolute atomic E-state index is 0.138. The summed E-state index contributed by atoms with van der Waals surface area (Å²) in [5.41, 5.74) is 7.43. The summed E-state index contributed by atoms with van der Waals surface area (Å²) in [7, 11) is -0.762. The maximum Gasteiger partial charge on any atom is 0.263 e. The first kappa shape index (κ1) is 57.0. The molecule has 2 fully saturated rings. The number of para-hydroxylation sites is 4. The number of carbonyl (C=O) groups excluding carboxylic acids is 2. The molecule has 2 amide bonds. The van der Waals surface area contributed by atoms with Gasteiger partial charge in [-0.05, 0) is 134 Å². The number of rotatable bonds is 15. The molecule has 0 radical (unpaired) electrons. The molecule has 0 unspecified atom stereocenters. The standard InChI is InChI=1S/C72H70N8O6S2/c1-49-31-35-53(36-32-49)87(83,84)77(5)45-39-69(55-23-13-15-29-61(55)79(67(69)81)47-51-19-9-7-10-20-51)57-25-17-27-59-63(57)73-65-71(59,41-43-75(65)3)72-42-44-76(4)66(72)74-64-58(26-18-28-60(64)72)70(40-46-78(6)88(85,86)54-37-33-50(2)34-38-54)56-24-14-16-30-62(56)80(68(70)82)48-52-21-11-8-12-22-52/h7-40,45-46,65-66,73-74H,41-44,47-48H2,1-6H3/t65-,66+,69-,70-,71+,72-/m1/s1. The molecule has 0 aliphatic carbocycles. The van der Waals surface area contributed by atoms with Crippen LogP contribution in [0.2, 0.25) is 0 Å². The summed E-state index contributed by atoms with van der Waals surface area (Å²) in [5.74, 6) is -0.422. The summed E-state index contributed by atoms with van der Waals surface area (Å²) in [6.45, 7) is 5.91. The highest BCUT2D eigenvalue weighted by Gasteiger charge is 2.72. The van der Waals surface area contributed by atoms with E-state index in [0.29, 0.717) is 11.1 Å². The SMILES string of the molecule is Cc1ccc(S(=O)(=O)N(C)C=C[C@@]2(c3cccc4c3N[C@@H]3N(C)CC[C@]43[C@@]34CCN(C)[C@@H]3Nc3c([C@]5(C=CN(C)S(=O)(=O)c6ccc(C)cc6)C(=O)N(Cc6ccccc6)c6ccccc65)cccc34)C(=O)N(Cc3ccccc3)c3ccccc32)cc1. The van der Waals surface area contributed by atoms with Gasteiger partial charge in [0.1, 0.15) is 10.8 Å². The highest BCUT2D eigenvalue weighted by atomic mass is 32.2. The number of amides is 2. The van der Waals surface area contributed by atoms with Crippen molar-refractivity contribution < 1.29 is 26.4 Å². The molecule has 6 heterocycles. The molecule has 0 saturated carbocycles. The monoisotopic (exact) mass is 1210 g/mol. The van der Waals surface area contributed by atoms with E-state index in [9.17, 15) is 16.8 Å². The number of anilines is 4. The lowest BCUT2D eigenvalue weighted by atomic mass is 9.54. The van der Waals surface area contributed by atoms with Gasteiger partial charge in [0.15, 0.2) is 0 Å². The Hall–Kier alpha value is -8.80. The third-order valence-electron chi connectivity index (χ3n) is 20.1. The zero-order valence-corrected chi connectivity index (χ0v) is 51.8. The first-order valence-electron chi connectivity index (χ1n) is 30.0. The quantitative estimate of drug-likeness (QED) is 0.102.